The zero-order valence-corrected chi connectivity index (χ0v) is 24.1. The summed E-state index contributed by atoms with van der Waals surface area (Å²) in [6.45, 7) is 0. The number of ether oxygens (including phenoxy) is 4. The third kappa shape index (κ3) is 5.29. The Morgan fingerprint density at radius 1 is 0.523 bits per heavy atom. The van der Waals surface area contributed by atoms with Crippen LogP contribution >= 0.6 is 0 Å². The predicted octanol–water partition coefficient (Wildman–Crippen LogP) is 3.45. The highest BCUT2D eigenvalue weighted by Gasteiger charge is 2.61. The van der Waals surface area contributed by atoms with Gasteiger partial charge in [-0.25, -0.2) is 0 Å². The van der Waals surface area contributed by atoms with E-state index in [4.69, 9.17) is 18.9 Å². The maximum atomic E-state index is 13.5. The number of para-hydroxylation sites is 2. The van der Waals surface area contributed by atoms with Crippen LogP contribution < -0.4 is 28.7 Å². The molecule has 0 saturated carbocycles. The van der Waals surface area contributed by atoms with Crippen LogP contribution in [0.15, 0.2) is 109 Å². The number of β-lactam (4-membered cyclic amide) rings is 2. The molecule has 0 unspecified atom stereocenters. The molecule has 2 aliphatic rings. The minimum atomic E-state index is -1.54. The Balaban J connectivity index is 1.33. The standard InChI is InChI=1S/C34H32N2O8/c1-41-23-17-13-21(14-18-23)35-27(31(33(35)39)43-25-9-5-3-6-10-25)29(37)30(38)28-32(44-26-11-7-4-8-12-26)34(40)36(28)22-15-19-24(42-2)20-16-22/h3-20,27-32,37-38H,1-2H3/t27-,28-,29-,30-,31+,32+/m0/s1. The minimum absolute atomic E-state index is 0.385. The summed E-state index contributed by atoms with van der Waals surface area (Å²) in [4.78, 5) is 29.8. The first-order chi connectivity index (χ1) is 21.4. The van der Waals surface area contributed by atoms with Crippen LogP contribution in [0.4, 0.5) is 11.4 Å². The predicted molar refractivity (Wildman–Crippen MR) is 162 cm³/mol. The van der Waals surface area contributed by atoms with E-state index in [1.54, 1.807) is 111 Å². The van der Waals surface area contributed by atoms with Gasteiger partial charge in [-0.15, -0.1) is 0 Å². The van der Waals surface area contributed by atoms with Crippen LogP contribution in [0.2, 0.25) is 0 Å². The molecule has 0 aromatic heterocycles. The normalized spacial score (nSPS) is 22.4. The van der Waals surface area contributed by atoms with Gasteiger partial charge in [-0.1, -0.05) is 36.4 Å². The lowest BCUT2D eigenvalue weighted by molar-refractivity contribution is -0.151. The fourth-order valence-corrected chi connectivity index (χ4v) is 5.65. The Hall–Kier alpha value is -5.06. The molecule has 0 radical (unpaired) electrons. The van der Waals surface area contributed by atoms with Crippen LogP contribution in [0.3, 0.4) is 0 Å². The van der Waals surface area contributed by atoms with Crippen molar-refractivity contribution in [3.05, 3.63) is 109 Å². The van der Waals surface area contributed by atoms with E-state index in [0.29, 0.717) is 34.4 Å². The van der Waals surface area contributed by atoms with Crippen molar-refractivity contribution in [3.8, 4) is 23.0 Å². The molecule has 2 amide bonds. The van der Waals surface area contributed by atoms with E-state index in [9.17, 15) is 19.8 Å². The summed E-state index contributed by atoms with van der Waals surface area (Å²) in [6, 6.07) is 29.2. The number of hydrogen-bond acceptors (Lipinski definition) is 8. The Kier molecular flexibility index (Phi) is 8.10. The summed E-state index contributed by atoms with van der Waals surface area (Å²) < 4.78 is 22.6. The van der Waals surface area contributed by atoms with E-state index >= 15 is 0 Å². The van der Waals surface area contributed by atoms with Crippen LogP contribution in [-0.2, 0) is 9.59 Å². The summed E-state index contributed by atoms with van der Waals surface area (Å²) in [5.41, 5.74) is 0.988. The fourth-order valence-electron chi connectivity index (χ4n) is 5.65. The molecule has 10 heteroatoms. The van der Waals surface area contributed by atoms with Crippen molar-refractivity contribution in [2.45, 2.75) is 36.5 Å². The third-order valence-electron chi connectivity index (χ3n) is 7.94. The van der Waals surface area contributed by atoms with Gasteiger partial charge < -0.3 is 29.2 Å². The lowest BCUT2D eigenvalue weighted by atomic mass is 9.81. The molecule has 6 rings (SSSR count). The first kappa shape index (κ1) is 29.0. The first-order valence-corrected chi connectivity index (χ1v) is 14.1. The van der Waals surface area contributed by atoms with E-state index in [2.05, 4.69) is 0 Å². The third-order valence-corrected chi connectivity index (χ3v) is 7.94. The SMILES string of the molecule is COc1ccc(N2C(=O)[C@H](Oc3ccccc3)[C@@H]2[C@H](O)[C@@H](O)[C@H]2[C@@H](Oc3ccccc3)C(=O)N2c2ccc(OC)cc2)cc1. The number of anilines is 2. The Morgan fingerprint density at radius 2 is 0.864 bits per heavy atom. The van der Waals surface area contributed by atoms with Crippen LogP contribution in [0.25, 0.3) is 0 Å². The monoisotopic (exact) mass is 596 g/mol. The smallest absolute Gasteiger partial charge is 0.270 e. The van der Waals surface area contributed by atoms with Gasteiger partial charge in [-0.05, 0) is 72.8 Å². The average Bonchev–Trinajstić information content (AvgIpc) is 3.07. The number of carbonyl (C=O) groups is 2. The van der Waals surface area contributed by atoms with Crippen molar-refractivity contribution in [3.63, 3.8) is 0 Å². The van der Waals surface area contributed by atoms with Gasteiger partial charge in [0.1, 0.15) is 47.3 Å². The molecule has 10 nitrogen and oxygen atoms in total. The quantitative estimate of drug-likeness (QED) is 0.253. The molecule has 44 heavy (non-hydrogen) atoms. The number of aliphatic hydroxyl groups excluding tert-OH is 2. The molecule has 2 saturated heterocycles. The van der Waals surface area contributed by atoms with E-state index < -0.39 is 36.5 Å². The molecular formula is C34H32N2O8. The van der Waals surface area contributed by atoms with Crippen molar-refractivity contribution < 1.29 is 38.7 Å². The number of aliphatic hydroxyl groups is 2. The lowest BCUT2D eigenvalue weighted by Crippen LogP contribution is -2.78. The highest BCUT2D eigenvalue weighted by Crippen LogP contribution is 2.39. The van der Waals surface area contributed by atoms with E-state index in [1.807, 2.05) is 12.1 Å². The number of amides is 2. The van der Waals surface area contributed by atoms with Gasteiger partial charge in [-0.3, -0.25) is 19.4 Å². The highest BCUT2D eigenvalue weighted by atomic mass is 16.5. The summed E-state index contributed by atoms with van der Waals surface area (Å²) in [7, 11) is 3.08. The second-order valence-corrected chi connectivity index (χ2v) is 10.5. The highest BCUT2D eigenvalue weighted by molar-refractivity contribution is 6.06. The first-order valence-electron chi connectivity index (χ1n) is 14.1. The van der Waals surface area contributed by atoms with Gasteiger partial charge in [0.15, 0.2) is 0 Å². The maximum absolute atomic E-state index is 13.5. The molecule has 2 heterocycles. The molecule has 0 spiro atoms. The van der Waals surface area contributed by atoms with Gasteiger partial charge in [0, 0.05) is 11.4 Å². The van der Waals surface area contributed by atoms with E-state index in [1.165, 1.54) is 9.80 Å². The van der Waals surface area contributed by atoms with Crippen LogP contribution in [0, 0.1) is 0 Å². The average molecular weight is 597 g/mol. The van der Waals surface area contributed by atoms with Crippen molar-refractivity contribution >= 4 is 23.2 Å². The van der Waals surface area contributed by atoms with Crippen LogP contribution in [0.1, 0.15) is 0 Å². The molecule has 6 atom stereocenters. The Labute approximate surface area is 254 Å². The zero-order valence-electron chi connectivity index (χ0n) is 24.1. The maximum Gasteiger partial charge on any atom is 0.270 e. The molecule has 0 bridgehead atoms. The second kappa shape index (κ2) is 12.3. The minimum Gasteiger partial charge on any atom is -0.497 e. The van der Waals surface area contributed by atoms with Crippen molar-refractivity contribution in [1.29, 1.82) is 0 Å². The number of hydrogen-bond donors (Lipinski definition) is 2. The molecule has 0 aliphatic carbocycles. The lowest BCUT2D eigenvalue weighted by Gasteiger charge is -2.53. The molecule has 4 aromatic carbocycles. The second-order valence-electron chi connectivity index (χ2n) is 10.5. The van der Waals surface area contributed by atoms with Gasteiger partial charge in [0.25, 0.3) is 11.8 Å². The van der Waals surface area contributed by atoms with Crippen molar-refractivity contribution in [2.75, 3.05) is 24.0 Å². The number of carbonyl (C=O) groups excluding carboxylic acids is 2. The number of nitrogens with zero attached hydrogens (tertiary/aromatic N) is 2. The van der Waals surface area contributed by atoms with Crippen LogP contribution in [0.5, 0.6) is 23.0 Å². The number of methoxy groups -OCH3 is 2. The largest absolute Gasteiger partial charge is 0.497 e. The number of rotatable bonds is 11. The molecule has 2 aliphatic heterocycles. The summed E-state index contributed by atoms with van der Waals surface area (Å²) in [5.74, 6) is 1.31. The van der Waals surface area contributed by atoms with Crippen LogP contribution in [-0.4, -0.2) is 72.7 Å². The van der Waals surface area contributed by atoms with Crippen molar-refractivity contribution in [2.24, 2.45) is 0 Å². The Bertz CT molecular complexity index is 1460. The molecule has 226 valence electrons. The molecule has 2 fully saturated rings. The van der Waals surface area contributed by atoms with Gasteiger partial charge >= 0.3 is 0 Å². The summed E-state index contributed by atoms with van der Waals surface area (Å²) in [6.07, 6.45) is -5.26. The Morgan fingerprint density at radius 3 is 1.18 bits per heavy atom. The molecule has 2 N–H and O–H groups in total. The van der Waals surface area contributed by atoms with Gasteiger partial charge in [0.2, 0.25) is 12.2 Å². The van der Waals surface area contributed by atoms with E-state index in [-0.39, 0.29) is 11.8 Å². The fraction of sp³-hybridized carbons (Fsp3) is 0.235. The summed E-state index contributed by atoms with van der Waals surface area (Å²) >= 11 is 0. The van der Waals surface area contributed by atoms with Gasteiger partial charge in [-0.2, -0.15) is 0 Å². The van der Waals surface area contributed by atoms with E-state index in [0.717, 1.165) is 0 Å². The summed E-state index contributed by atoms with van der Waals surface area (Å²) in [5, 5.41) is 23.7. The molecular weight excluding hydrogens is 564 g/mol. The van der Waals surface area contributed by atoms with Crippen molar-refractivity contribution in [1.82, 2.24) is 0 Å². The number of benzene rings is 4. The zero-order chi connectivity index (χ0) is 30.8. The van der Waals surface area contributed by atoms with Gasteiger partial charge in [0.05, 0.1) is 14.2 Å². The molecule has 4 aromatic rings. The topological polar surface area (TPSA) is 118 Å².